The van der Waals surface area contributed by atoms with E-state index >= 15 is 0 Å². The molecular formula is C12H13F2O4-. The number of benzene rings is 1. The molecule has 1 aromatic carbocycles. The van der Waals surface area contributed by atoms with Crippen LogP contribution in [-0.4, -0.2) is 32.2 Å². The van der Waals surface area contributed by atoms with Crippen molar-refractivity contribution in [2.75, 3.05) is 20.3 Å². The molecule has 100 valence electrons. The Kier molecular flexibility index (Phi) is 5.18. The summed E-state index contributed by atoms with van der Waals surface area (Å²) in [6, 6.07) is 7.41. The summed E-state index contributed by atoms with van der Waals surface area (Å²) in [5.41, 5.74) is 0.0720. The highest BCUT2D eigenvalue weighted by molar-refractivity contribution is 5.74. The molecule has 0 saturated carbocycles. The molecule has 0 fully saturated rings. The first kappa shape index (κ1) is 14.5. The van der Waals surface area contributed by atoms with Crippen molar-refractivity contribution in [3.05, 3.63) is 35.9 Å². The maximum absolute atomic E-state index is 13.5. The van der Waals surface area contributed by atoms with Crippen molar-refractivity contribution in [3.8, 4) is 0 Å². The van der Waals surface area contributed by atoms with Crippen molar-refractivity contribution in [3.63, 3.8) is 0 Å². The molecule has 18 heavy (non-hydrogen) atoms. The minimum atomic E-state index is -4.10. The molecule has 0 aromatic heterocycles. The van der Waals surface area contributed by atoms with Gasteiger partial charge in [0.2, 0.25) is 0 Å². The maximum atomic E-state index is 13.5. The summed E-state index contributed by atoms with van der Waals surface area (Å²) in [6.45, 7) is -0.0502. The molecule has 1 aromatic rings. The summed E-state index contributed by atoms with van der Waals surface area (Å²) in [5, 5.41) is 10.5. The number of carboxylic acids is 1. The molecule has 0 spiro atoms. The van der Waals surface area contributed by atoms with Crippen LogP contribution in [0, 0.1) is 0 Å². The summed E-state index contributed by atoms with van der Waals surface area (Å²) in [7, 11) is 1.39. The van der Waals surface area contributed by atoms with Gasteiger partial charge in [-0.15, -0.1) is 0 Å². The first-order valence-electron chi connectivity index (χ1n) is 5.25. The van der Waals surface area contributed by atoms with Gasteiger partial charge < -0.3 is 19.4 Å². The van der Waals surface area contributed by atoms with Gasteiger partial charge in [-0.25, -0.2) is 0 Å². The zero-order chi connectivity index (χ0) is 13.6. The molecule has 4 nitrogen and oxygen atoms in total. The van der Waals surface area contributed by atoms with Crippen LogP contribution in [0.4, 0.5) is 8.78 Å². The predicted octanol–water partition coefficient (Wildman–Crippen LogP) is 0.776. The van der Waals surface area contributed by atoms with Crippen LogP contribution in [0.25, 0.3) is 0 Å². The molecule has 0 aliphatic rings. The van der Waals surface area contributed by atoms with Gasteiger partial charge in [0, 0.05) is 7.11 Å². The number of carbonyl (C=O) groups is 1. The summed E-state index contributed by atoms with van der Waals surface area (Å²) >= 11 is 0. The van der Waals surface area contributed by atoms with E-state index in [9.17, 15) is 18.7 Å². The SMILES string of the molecule is COCCOC(c1ccccc1)C(F)(F)C(=O)[O-]. The Balaban J connectivity index is 2.92. The van der Waals surface area contributed by atoms with E-state index in [0.717, 1.165) is 0 Å². The zero-order valence-corrected chi connectivity index (χ0v) is 9.77. The van der Waals surface area contributed by atoms with E-state index in [4.69, 9.17) is 4.74 Å². The normalized spacial score (nSPS) is 13.3. The first-order chi connectivity index (χ1) is 8.50. The lowest BCUT2D eigenvalue weighted by atomic mass is 10.0. The average molecular weight is 259 g/mol. The third-order valence-corrected chi connectivity index (χ3v) is 2.28. The Morgan fingerprint density at radius 3 is 2.44 bits per heavy atom. The van der Waals surface area contributed by atoms with Crippen molar-refractivity contribution >= 4 is 5.97 Å². The van der Waals surface area contributed by atoms with Crippen molar-refractivity contribution in [2.24, 2.45) is 0 Å². The standard InChI is InChI=1S/C12H14F2O4/c1-17-7-8-18-10(12(13,14)11(15)16)9-5-3-2-4-6-9/h2-6,10H,7-8H2,1H3,(H,15,16)/p-1. The smallest absolute Gasteiger partial charge is 0.316 e. The second kappa shape index (κ2) is 6.42. The topological polar surface area (TPSA) is 58.6 Å². The van der Waals surface area contributed by atoms with Crippen LogP contribution in [0.2, 0.25) is 0 Å². The monoisotopic (exact) mass is 259 g/mol. The van der Waals surface area contributed by atoms with Crippen LogP contribution in [0.3, 0.4) is 0 Å². The van der Waals surface area contributed by atoms with Crippen molar-refractivity contribution < 1.29 is 28.2 Å². The molecule has 0 heterocycles. The molecular weight excluding hydrogens is 246 g/mol. The second-order valence-electron chi connectivity index (χ2n) is 3.56. The second-order valence-corrected chi connectivity index (χ2v) is 3.56. The van der Waals surface area contributed by atoms with Gasteiger partial charge in [0.1, 0.15) is 5.97 Å². The Hall–Kier alpha value is -1.53. The predicted molar refractivity (Wildman–Crippen MR) is 57.0 cm³/mol. The van der Waals surface area contributed by atoms with Crippen molar-refractivity contribution in [2.45, 2.75) is 12.0 Å². The molecule has 0 aliphatic carbocycles. The summed E-state index contributed by atoms with van der Waals surface area (Å²) < 4.78 is 36.6. The number of halogens is 2. The highest BCUT2D eigenvalue weighted by atomic mass is 19.3. The average Bonchev–Trinajstić information content (AvgIpc) is 2.35. The van der Waals surface area contributed by atoms with Gasteiger partial charge in [-0.05, 0) is 5.56 Å². The fourth-order valence-corrected chi connectivity index (χ4v) is 1.39. The highest BCUT2D eigenvalue weighted by Crippen LogP contribution is 2.34. The van der Waals surface area contributed by atoms with E-state index in [1.165, 1.54) is 31.4 Å². The first-order valence-corrected chi connectivity index (χ1v) is 5.25. The van der Waals surface area contributed by atoms with Gasteiger partial charge in [0.25, 0.3) is 0 Å². The minimum Gasteiger partial charge on any atom is -0.544 e. The van der Waals surface area contributed by atoms with Crippen LogP contribution in [0.15, 0.2) is 30.3 Å². The van der Waals surface area contributed by atoms with Crippen LogP contribution >= 0.6 is 0 Å². The van der Waals surface area contributed by atoms with Crippen molar-refractivity contribution in [1.82, 2.24) is 0 Å². The third-order valence-electron chi connectivity index (χ3n) is 2.28. The third kappa shape index (κ3) is 3.48. The van der Waals surface area contributed by atoms with Gasteiger partial charge >= 0.3 is 5.92 Å². The quantitative estimate of drug-likeness (QED) is 0.679. The summed E-state index contributed by atoms with van der Waals surface area (Å²) in [4.78, 5) is 10.5. The number of ether oxygens (including phenoxy) is 2. The molecule has 0 amide bonds. The van der Waals surface area contributed by atoms with Gasteiger partial charge in [0.05, 0.1) is 13.2 Å². The number of hydrogen-bond acceptors (Lipinski definition) is 4. The summed E-state index contributed by atoms with van der Waals surface area (Å²) in [5.74, 6) is -6.57. The van der Waals surface area contributed by atoms with Gasteiger partial charge in [-0.2, -0.15) is 8.78 Å². The lowest BCUT2D eigenvalue weighted by Crippen LogP contribution is -2.46. The summed E-state index contributed by atoms with van der Waals surface area (Å²) in [6.07, 6.45) is -1.89. The van der Waals surface area contributed by atoms with Gasteiger partial charge in [-0.1, -0.05) is 30.3 Å². The lowest BCUT2D eigenvalue weighted by molar-refractivity contribution is -0.338. The van der Waals surface area contributed by atoms with Gasteiger partial charge in [0.15, 0.2) is 6.10 Å². The molecule has 0 N–H and O–H groups in total. The van der Waals surface area contributed by atoms with E-state index in [2.05, 4.69) is 4.74 Å². The number of carboxylic acid groups (broad SMARTS) is 1. The molecule has 6 heteroatoms. The van der Waals surface area contributed by atoms with E-state index in [0.29, 0.717) is 0 Å². The molecule has 0 saturated heterocycles. The fourth-order valence-electron chi connectivity index (χ4n) is 1.39. The minimum absolute atomic E-state index is 0.0720. The number of rotatable bonds is 7. The van der Waals surface area contributed by atoms with Crippen LogP contribution in [0.5, 0.6) is 0 Å². The van der Waals surface area contributed by atoms with Crippen LogP contribution in [0.1, 0.15) is 11.7 Å². The Morgan fingerprint density at radius 1 is 1.33 bits per heavy atom. The number of aliphatic carboxylic acids is 1. The Labute approximate surface area is 103 Å². The molecule has 0 aliphatic heterocycles. The number of hydrogen-bond donors (Lipinski definition) is 0. The molecule has 1 unspecified atom stereocenters. The Bertz CT molecular complexity index is 381. The van der Waals surface area contributed by atoms with E-state index in [1.807, 2.05) is 0 Å². The largest absolute Gasteiger partial charge is 0.544 e. The number of methoxy groups -OCH3 is 1. The van der Waals surface area contributed by atoms with E-state index in [1.54, 1.807) is 6.07 Å². The van der Waals surface area contributed by atoms with Crippen molar-refractivity contribution in [1.29, 1.82) is 0 Å². The lowest BCUT2D eigenvalue weighted by Gasteiger charge is -2.27. The Morgan fingerprint density at radius 2 is 1.94 bits per heavy atom. The van der Waals surface area contributed by atoms with Gasteiger partial charge in [-0.3, -0.25) is 0 Å². The van der Waals surface area contributed by atoms with Crippen LogP contribution in [-0.2, 0) is 14.3 Å². The maximum Gasteiger partial charge on any atom is 0.316 e. The fraction of sp³-hybridized carbons (Fsp3) is 0.417. The molecule has 0 radical (unpaired) electrons. The van der Waals surface area contributed by atoms with E-state index < -0.39 is 18.0 Å². The zero-order valence-electron chi connectivity index (χ0n) is 9.77. The highest BCUT2D eigenvalue weighted by Gasteiger charge is 2.43. The molecule has 1 atom stereocenters. The molecule has 0 bridgehead atoms. The number of alkyl halides is 2. The molecule has 1 rings (SSSR count). The van der Waals surface area contributed by atoms with E-state index in [-0.39, 0.29) is 18.8 Å². The number of carbonyl (C=O) groups excluding carboxylic acids is 1. The van der Waals surface area contributed by atoms with Crippen LogP contribution < -0.4 is 5.11 Å².